The summed E-state index contributed by atoms with van der Waals surface area (Å²) in [5, 5.41) is 5.99. The Labute approximate surface area is 144 Å². The fourth-order valence-electron chi connectivity index (χ4n) is 2.67. The van der Waals surface area contributed by atoms with Crippen LogP contribution in [-0.4, -0.2) is 18.5 Å². The number of urea groups is 1. The van der Waals surface area contributed by atoms with Crippen molar-refractivity contribution in [3.8, 4) is 0 Å². The first-order valence-electron chi connectivity index (χ1n) is 7.63. The van der Waals surface area contributed by atoms with E-state index < -0.39 is 11.9 Å². The number of ether oxygens (including phenoxy) is 1. The Hall–Kier alpha value is -2.38. The first-order valence-corrected chi connectivity index (χ1v) is 8.44. The van der Waals surface area contributed by atoms with Crippen molar-refractivity contribution in [2.75, 3.05) is 17.2 Å². The van der Waals surface area contributed by atoms with Crippen LogP contribution in [0.5, 0.6) is 0 Å². The van der Waals surface area contributed by atoms with Crippen LogP contribution < -0.4 is 16.4 Å². The molecular weight excluding hydrogens is 326 g/mol. The van der Waals surface area contributed by atoms with E-state index in [0.29, 0.717) is 35.9 Å². The van der Waals surface area contributed by atoms with E-state index in [9.17, 15) is 9.59 Å². The van der Waals surface area contributed by atoms with E-state index in [1.165, 1.54) is 11.3 Å². The van der Waals surface area contributed by atoms with Gasteiger partial charge in [0.05, 0.1) is 18.8 Å². The topological polar surface area (TPSA) is 93.5 Å². The molecule has 1 aromatic carbocycles. The average Bonchev–Trinajstić information content (AvgIpc) is 2.88. The number of nitrogens with one attached hydrogen (secondary N) is 2. The van der Waals surface area contributed by atoms with Gasteiger partial charge >= 0.3 is 6.03 Å². The highest BCUT2D eigenvalue weighted by Gasteiger charge is 2.25. The van der Waals surface area contributed by atoms with Gasteiger partial charge < -0.3 is 15.8 Å². The number of benzene rings is 1. The third-order valence-corrected chi connectivity index (χ3v) is 5.18. The molecule has 1 aliphatic rings. The minimum absolute atomic E-state index is 0.397. The lowest BCUT2D eigenvalue weighted by Crippen LogP contribution is -2.22. The van der Waals surface area contributed by atoms with Crippen LogP contribution in [0.15, 0.2) is 18.2 Å². The highest BCUT2D eigenvalue weighted by atomic mass is 32.1. The Morgan fingerprint density at radius 3 is 2.71 bits per heavy atom. The Kier molecular flexibility index (Phi) is 4.55. The number of anilines is 2. The molecule has 0 radical (unpaired) electrons. The molecule has 7 heteroatoms. The summed E-state index contributed by atoms with van der Waals surface area (Å²) in [7, 11) is 0. The maximum Gasteiger partial charge on any atom is 0.324 e. The molecule has 24 heavy (non-hydrogen) atoms. The molecule has 1 aliphatic heterocycles. The van der Waals surface area contributed by atoms with Crippen molar-refractivity contribution in [1.29, 1.82) is 0 Å². The SMILES string of the molecule is Cc1ccc(NC(=O)Nc2sc3c(c2C(N)=O)CCOC3)cc1C. The first kappa shape index (κ1) is 16.5. The number of fused-ring (bicyclic) bond motifs is 1. The zero-order valence-electron chi connectivity index (χ0n) is 13.6. The van der Waals surface area contributed by atoms with Gasteiger partial charge in [-0.1, -0.05) is 6.07 Å². The van der Waals surface area contributed by atoms with E-state index in [-0.39, 0.29) is 0 Å². The van der Waals surface area contributed by atoms with Crippen LogP contribution in [0.25, 0.3) is 0 Å². The fourth-order valence-corrected chi connectivity index (χ4v) is 3.85. The predicted molar refractivity (Wildman–Crippen MR) is 94.8 cm³/mol. The molecule has 0 spiro atoms. The third-order valence-electron chi connectivity index (χ3n) is 4.06. The molecule has 0 bridgehead atoms. The van der Waals surface area contributed by atoms with Crippen molar-refractivity contribution in [3.05, 3.63) is 45.3 Å². The number of carbonyl (C=O) groups is 2. The fraction of sp³-hybridized carbons (Fsp3) is 0.294. The van der Waals surface area contributed by atoms with Crippen LogP contribution in [0.3, 0.4) is 0 Å². The molecule has 0 saturated heterocycles. The van der Waals surface area contributed by atoms with E-state index in [1.807, 2.05) is 32.0 Å². The van der Waals surface area contributed by atoms with Crippen LogP contribution in [0, 0.1) is 13.8 Å². The van der Waals surface area contributed by atoms with E-state index in [2.05, 4.69) is 10.6 Å². The molecule has 0 unspecified atom stereocenters. The van der Waals surface area contributed by atoms with Crippen LogP contribution >= 0.6 is 11.3 Å². The lowest BCUT2D eigenvalue weighted by molar-refractivity contribution is 0.0991. The van der Waals surface area contributed by atoms with Gasteiger partial charge in [-0.15, -0.1) is 11.3 Å². The van der Waals surface area contributed by atoms with E-state index in [1.54, 1.807) is 0 Å². The van der Waals surface area contributed by atoms with Crippen molar-refractivity contribution in [1.82, 2.24) is 0 Å². The smallest absolute Gasteiger partial charge is 0.324 e. The third kappa shape index (κ3) is 3.27. The van der Waals surface area contributed by atoms with Crippen molar-refractivity contribution in [3.63, 3.8) is 0 Å². The second-order valence-corrected chi connectivity index (χ2v) is 6.86. The molecule has 0 atom stereocenters. The van der Waals surface area contributed by atoms with Crippen LogP contribution in [0.2, 0.25) is 0 Å². The molecule has 6 nitrogen and oxygen atoms in total. The van der Waals surface area contributed by atoms with Gasteiger partial charge in [0.1, 0.15) is 5.00 Å². The van der Waals surface area contributed by atoms with E-state index in [0.717, 1.165) is 21.6 Å². The number of aryl methyl sites for hydroxylation is 2. The second kappa shape index (κ2) is 6.62. The van der Waals surface area contributed by atoms with Gasteiger partial charge in [-0.2, -0.15) is 0 Å². The summed E-state index contributed by atoms with van der Waals surface area (Å²) in [6, 6.07) is 5.28. The number of hydrogen-bond donors (Lipinski definition) is 3. The Morgan fingerprint density at radius 1 is 1.21 bits per heavy atom. The number of carbonyl (C=O) groups excluding carboxylic acids is 2. The van der Waals surface area contributed by atoms with E-state index >= 15 is 0 Å². The van der Waals surface area contributed by atoms with E-state index in [4.69, 9.17) is 10.5 Å². The standard InChI is InChI=1S/C17H19N3O3S/c1-9-3-4-11(7-10(9)2)19-17(22)20-16-14(15(18)21)12-5-6-23-8-13(12)24-16/h3-4,7H,5-6,8H2,1-2H3,(H2,18,21)(H2,19,20,22). The van der Waals surface area contributed by atoms with Crippen LogP contribution in [0.1, 0.15) is 31.9 Å². The summed E-state index contributed by atoms with van der Waals surface area (Å²) in [4.78, 5) is 25.0. The predicted octanol–water partition coefficient (Wildman–Crippen LogP) is 3.18. The largest absolute Gasteiger partial charge is 0.376 e. The number of primary amides is 1. The number of thiophene rings is 1. The minimum Gasteiger partial charge on any atom is -0.376 e. The van der Waals surface area contributed by atoms with Crippen molar-refractivity contribution in [2.24, 2.45) is 5.73 Å². The van der Waals surface area contributed by atoms with Gasteiger partial charge in [0, 0.05) is 10.6 Å². The highest BCUT2D eigenvalue weighted by molar-refractivity contribution is 7.17. The molecule has 126 valence electrons. The van der Waals surface area contributed by atoms with Gasteiger partial charge in [-0.3, -0.25) is 10.1 Å². The van der Waals surface area contributed by atoms with Gasteiger partial charge in [-0.05, 0) is 49.1 Å². The maximum atomic E-state index is 12.3. The number of hydrogen-bond acceptors (Lipinski definition) is 4. The Morgan fingerprint density at radius 2 is 2.00 bits per heavy atom. The van der Waals surface area contributed by atoms with Gasteiger partial charge in [0.2, 0.25) is 0 Å². The monoisotopic (exact) mass is 345 g/mol. The summed E-state index contributed by atoms with van der Waals surface area (Å²) in [6.07, 6.45) is 0.630. The molecule has 0 saturated carbocycles. The zero-order valence-corrected chi connectivity index (χ0v) is 14.4. The summed E-state index contributed by atoms with van der Waals surface area (Å²) < 4.78 is 5.40. The molecule has 3 amide bonds. The maximum absolute atomic E-state index is 12.3. The Bertz CT molecular complexity index is 814. The molecule has 1 aromatic heterocycles. The van der Waals surface area contributed by atoms with Gasteiger partial charge in [0.15, 0.2) is 0 Å². The summed E-state index contributed by atoms with van der Waals surface area (Å²) in [5.74, 6) is -0.532. The van der Waals surface area contributed by atoms with Gasteiger partial charge in [-0.25, -0.2) is 4.79 Å². The van der Waals surface area contributed by atoms with Gasteiger partial charge in [0.25, 0.3) is 5.91 Å². The second-order valence-electron chi connectivity index (χ2n) is 5.75. The van der Waals surface area contributed by atoms with Crippen LogP contribution in [-0.2, 0) is 17.8 Å². The zero-order chi connectivity index (χ0) is 17.3. The molecule has 4 N–H and O–H groups in total. The summed E-state index contributed by atoms with van der Waals surface area (Å²) in [5.41, 5.74) is 9.73. The lowest BCUT2D eigenvalue weighted by Gasteiger charge is -2.12. The average molecular weight is 345 g/mol. The van der Waals surface area contributed by atoms with Crippen molar-refractivity contribution < 1.29 is 14.3 Å². The molecule has 0 fully saturated rings. The number of rotatable bonds is 3. The molecule has 2 aromatic rings. The van der Waals surface area contributed by atoms with Crippen molar-refractivity contribution in [2.45, 2.75) is 26.9 Å². The number of nitrogens with two attached hydrogens (primary N) is 1. The van der Waals surface area contributed by atoms with Crippen molar-refractivity contribution >= 4 is 34.0 Å². The summed E-state index contributed by atoms with van der Waals surface area (Å²) >= 11 is 1.34. The number of amides is 3. The normalized spacial score (nSPS) is 13.2. The highest BCUT2D eigenvalue weighted by Crippen LogP contribution is 2.36. The molecule has 2 heterocycles. The summed E-state index contributed by atoms with van der Waals surface area (Å²) in [6.45, 7) is 4.99. The van der Waals surface area contributed by atoms with Crippen LogP contribution in [0.4, 0.5) is 15.5 Å². The first-order chi connectivity index (χ1) is 11.5. The minimum atomic E-state index is -0.532. The molecule has 0 aliphatic carbocycles. The lowest BCUT2D eigenvalue weighted by atomic mass is 10.1. The quantitative estimate of drug-likeness (QED) is 0.797. The Balaban J connectivity index is 1.80. The molecular formula is C17H19N3O3S. The molecule has 3 rings (SSSR count).